The van der Waals surface area contributed by atoms with E-state index in [1.165, 1.54) is 0 Å². The highest BCUT2D eigenvalue weighted by Crippen LogP contribution is 2.23. The van der Waals surface area contributed by atoms with Crippen LogP contribution in [0.25, 0.3) is 0 Å². The fraction of sp³-hybridized carbons (Fsp3) is 0.273. The van der Waals surface area contributed by atoms with Gasteiger partial charge in [-0.15, -0.1) is 0 Å². The molecule has 0 aliphatic carbocycles. The lowest BCUT2D eigenvalue weighted by molar-refractivity contribution is 0.101. The Hall–Kier alpha value is -3.59. The number of methoxy groups -OCH3 is 1. The monoisotopic (exact) mass is 454 g/mol. The zero-order valence-corrected chi connectivity index (χ0v) is 19.0. The number of hydrogen-bond acceptors (Lipinski definition) is 6. The number of ether oxygens (including phenoxy) is 1. The van der Waals surface area contributed by atoms with E-state index < -0.39 is 0 Å². The van der Waals surface area contributed by atoms with Crippen molar-refractivity contribution in [3.8, 4) is 5.75 Å². The fourth-order valence-electron chi connectivity index (χ4n) is 3.40. The molecule has 0 aliphatic rings. The normalized spacial score (nSPS) is 11.0. The number of benzene rings is 1. The standard InChI is InChI=1S/C22H23ClN6O3/c1-13-20(23)14(2)29(26-13)12-19-15(3)32-27-21(19)22(30)25-17-9-24-28(11-17)10-16-6-5-7-18(8-16)31-4/h5-9,11H,10,12H2,1-4H3,(H,25,30). The van der Waals surface area contributed by atoms with E-state index in [1.807, 2.05) is 38.1 Å². The molecule has 4 rings (SSSR count). The van der Waals surface area contributed by atoms with Crippen molar-refractivity contribution < 1.29 is 14.1 Å². The van der Waals surface area contributed by atoms with Gasteiger partial charge < -0.3 is 14.6 Å². The molecule has 0 fully saturated rings. The number of hydrogen-bond donors (Lipinski definition) is 1. The summed E-state index contributed by atoms with van der Waals surface area (Å²) in [6, 6.07) is 7.73. The lowest BCUT2D eigenvalue weighted by Gasteiger charge is -2.06. The van der Waals surface area contributed by atoms with E-state index in [0.29, 0.717) is 35.1 Å². The summed E-state index contributed by atoms with van der Waals surface area (Å²) in [5.41, 5.74) is 3.98. The number of rotatable bonds is 7. The summed E-state index contributed by atoms with van der Waals surface area (Å²) in [4.78, 5) is 12.9. The van der Waals surface area contributed by atoms with Gasteiger partial charge in [0.2, 0.25) is 0 Å². The van der Waals surface area contributed by atoms with Crippen LogP contribution in [-0.4, -0.2) is 37.7 Å². The molecule has 3 heterocycles. The van der Waals surface area contributed by atoms with Crippen molar-refractivity contribution in [3.05, 3.63) is 75.7 Å². The molecule has 0 aliphatic heterocycles. The number of aromatic nitrogens is 5. The second-order valence-corrected chi connectivity index (χ2v) is 7.82. The largest absolute Gasteiger partial charge is 0.497 e. The first-order chi connectivity index (χ1) is 15.4. The maximum absolute atomic E-state index is 12.9. The molecule has 0 radical (unpaired) electrons. The molecule has 0 atom stereocenters. The molecule has 1 N–H and O–H groups in total. The van der Waals surface area contributed by atoms with Crippen LogP contribution in [0.1, 0.15) is 38.8 Å². The number of carbonyl (C=O) groups excluding carboxylic acids is 1. The summed E-state index contributed by atoms with van der Waals surface area (Å²) in [5.74, 6) is 0.943. The molecule has 0 saturated heterocycles. The summed E-state index contributed by atoms with van der Waals surface area (Å²) < 4.78 is 14.0. The van der Waals surface area contributed by atoms with Crippen LogP contribution in [0.4, 0.5) is 5.69 Å². The lowest BCUT2D eigenvalue weighted by Crippen LogP contribution is -2.16. The highest BCUT2D eigenvalue weighted by Gasteiger charge is 2.22. The summed E-state index contributed by atoms with van der Waals surface area (Å²) in [7, 11) is 1.63. The van der Waals surface area contributed by atoms with Crippen molar-refractivity contribution in [2.75, 3.05) is 12.4 Å². The second-order valence-electron chi connectivity index (χ2n) is 7.44. The Morgan fingerprint density at radius 2 is 2.06 bits per heavy atom. The molecule has 166 valence electrons. The van der Waals surface area contributed by atoms with Gasteiger partial charge in [0.1, 0.15) is 11.5 Å². The van der Waals surface area contributed by atoms with E-state index in [0.717, 1.165) is 22.7 Å². The molecule has 0 unspecified atom stereocenters. The van der Waals surface area contributed by atoms with Crippen LogP contribution in [0, 0.1) is 20.8 Å². The Kier molecular flexibility index (Phi) is 6.00. The Morgan fingerprint density at radius 3 is 2.78 bits per heavy atom. The van der Waals surface area contributed by atoms with Crippen molar-refractivity contribution in [3.63, 3.8) is 0 Å². The third-order valence-corrected chi connectivity index (χ3v) is 5.72. The Balaban J connectivity index is 1.48. The Morgan fingerprint density at radius 1 is 1.25 bits per heavy atom. The zero-order valence-electron chi connectivity index (χ0n) is 18.2. The van der Waals surface area contributed by atoms with Crippen molar-refractivity contribution in [1.29, 1.82) is 0 Å². The van der Waals surface area contributed by atoms with Crippen LogP contribution in [-0.2, 0) is 13.1 Å². The number of nitrogens with zero attached hydrogens (tertiary/aromatic N) is 5. The minimum Gasteiger partial charge on any atom is -0.497 e. The van der Waals surface area contributed by atoms with Crippen LogP contribution < -0.4 is 10.1 Å². The topological polar surface area (TPSA) is 100 Å². The van der Waals surface area contributed by atoms with Crippen LogP contribution >= 0.6 is 11.6 Å². The lowest BCUT2D eigenvalue weighted by atomic mass is 10.2. The van der Waals surface area contributed by atoms with Crippen molar-refractivity contribution in [1.82, 2.24) is 24.7 Å². The van der Waals surface area contributed by atoms with E-state index in [9.17, 15) is 4.79 Å². The van der Waals surface area contributed by atoms with Gasteiger partial charge in [-0.2, -0.15) is 10.2 Å². The average Bonchev–Trinajstić information content (AvgIpc) is 3.44. The zero-order chi connectivity index (χ0) is 22.8. The maximum atomic E-state index is 12.9. The van der Waals surface area contributed by atoms with Gasteiger partial charge in [-0.3, -0.25) is 14.2 Å². The van der Waals surface area contributed by atoms with Gasteiger partial charge >= 0.3 is 0 Å². The van der Waals surface area contributed by atoms with Crippen molar-refractivity contribution in [2.24, 2.45) is 0 Å². The quantitative estimate of drug-likeness (QED) is 0.453. The molecule has 0 bridgehead atoms. The molecule has 4 aromatic rings. The predicted octanol–water partition coefficient (Wildman–Crippen LogP) is 4.00. The first-order valence-electron chi connectivity index (χ1n) is 9.97. The second kappa shape index (κ2) is 8.88. The molecule has 0 saturated carbocycles. The third-order valence-electron chi connectivity index (χ3n) is 5.17. The first-order valence-corrected chi connectivity index (χ1v) is 10.3. The SMILES string of the molecule is COc1cccc(Cn2cc(NC(=O)c3noc(C)c3Cn3nc(C)c(Cl)c3C)cn2)c1. The number of amides is 1. The summed E-state index contributed by atoms with van der Waals surface area (Å²) in [6.07, 6.45) is 3.34. The van der Waals surface area contributed by atoms with Crippen LogP contribution in [0.5, 0.6) is 5.75 Å². The fourth-order valence-corrected chi connectivity index (χ4v) is 3.53. The van der Waals surface area contributed by atoms with Gasteiger partial charge in [-0.05, 0) is 38.5 Å². The van der Waals surface area contributed by atoms with E-state index in [2.05, 4.69) is 20.7 Å². The van der Waals surface area contributed by atoms with Crippen molar-refractivity contribution in [2.45, 2.75) is 33.9 Å². The summed E-state index contributed by atoms with van der Waals surface area (Å²) in [6.45, 7) is 6.34. The maximum Gasteiger partial charge on any atom is 0.278 e. The third kappa shape index (κ3) is 4.38. The minimum absolute atomic E-state index is 0.201. The number of carbonyl (C=O) groups is 1. The summed E-state index contributed by atoms with van der Waals surface area (Å²) in [5, 5.41) is 16.1. The van der Waals surface area contributed by atoms with Gasteiger partial charge in [0.25, 0.3) is 5.91 Å². The molecule has 9 nitrogen and oxygen atoms in total. The molecular formula is C22H23ClN6O3. The van der Waals surface area contributed by atoms with Crippen LogP contribution in [0.2, 0.25) is 5.02 Å². The number of anilines is 1. The van der Waals surface area contributed by atoms with E-state index in [-0.39, 0.29) is 11.6 Å². The number of halogens is 1. The van der Waals surface area contributed by atoms with Gasteiger partial charge in [-0.25, -0.2) is 0 Å². The molecule has 32 heavy (non-hydrogen) atoms. The van der Waals surface area contributed by atoms with Gasteiger partial charge in [0, 0.05) is 11.8 Å². The Labute approximate surface area is 189 Å². The number of nitrogens with one attached hydrogen (secondary N) is 1. The number of aryl methyl sites for hydroxylation is 2. The highest BCUT2D eigenvalue weighted by atomic mass is 35.5. The predicted molar refractivity (Wildman–Crippen MR) is 119 cm³/mol. The smallest absolute Gasteiger partial charge is 0.278 e. The van der Waals surface area contributed by atoms with Crippen LogP contribution in [0.3, 0.4) is 0 Å². The van der Waals surface area contributed by atoms with E-state index in [4.69, 9.17) is 20.9 Å². The molecule has 1 aromatic carbocycles. The summed E-state index contributed by atoms with van der Waals surface area (Å²) >= 11 is 6.25. The van der Waals surface area contributed by atoms with E-state index >= 15 is 0 Å². The van der Waals surface area contributed by atoms with Gasteiger partial charge in [0.05, 0.1) is 48.5 Å². The Bertz CT molecular complexity index is 1270. The highest BCUT2D eigenvalue weighted by molar-refractivity contribution is 6.31. The average molecular weight is 455 g/mol. The van der Waals surface area contributed by atoms with Crippen molar-refractivity contribution >= 4 is 23.2 Å². The van der Waals surface area contributed by atoms with Gasteiger partial charge in [0.15, 0.2) is 5.69 Å². The van der Waals surface area contributed by atoms with E-state index in [1.54, 1.807) is 35.8 Å². The van der Waals surface area contributed by atoms with Crippen LogP contribution in [0.15, 0.2) is 41.2 Å². The first kappa shape index (κ1) is 21.6. The molecule has 1 amide bonds. The molecule has 0 spiro atoms. The van der Waals surface area contributed by atoms with Gasteiger partial charge in [-0.1, -0.05) is 28.9 Å². The minimum atomic E-state index is -0.384. The molecule has 3 aromatic heterocycles. The molecular weight excluding hydrogens is 432 g/mol. The molecule has 10 heteroatoms.